The molecule has 0 aliphatic heterocycles. The van der Waals surface area contributed by atoms with Crippen LogP contribution in [0.5, 0.6) is 0 Å². The Morgan fingerprint density at radius 3 is 1.29 bits per heavy atom. The molecule has 0 radical (unpaired) electrons. The van der Waals surface area contributed by atoms with Crippen LogP contribution < -0.4 is 0 Å². The highest BCUT2D eigenvalue weighted by molar-refractivity contribution is 9.10. The van der Waals surface area contributed by atoms with Crippen molar-refractivity contribution in [3.63, 3.8) is 0 Å². The van der Waals surface area contributed by atoms with Crippen molar-refractivity contribution in [2.75, 3.05) is 0 Å². The minimum absolute atomic E-state index is 0.739. The number of benzene rings is 4. The van der Waals surface area contributed by atoms with E-state index in [-0.39, 0.29) is 0 Å². The lowest BCUT2D eigenvalue weighted by atomic mass is 10.2. The number of halogens is 2. The van der Waals surface area contributed by atoms with Crippen LogP contribution in [0.1, 0.15) is 0 Å². The Kier molecular flexibility index (Phi) is 7.46. The summed E-state index contributed by atoms with van der Waals surface area (Å²) in [5.74, 6) is 1.53. The molecule has 0 aliphatic carbocycles. The van der Waals surface area contributed by atoms with Gasteiger partial charge in [0, 0.05) is 31.4 Å². The number of aromatic nitrogens is 6. The number of nitrogens with zero attached hydrogens (tertiary/aromatic N) is 6. The Morgan fingerprint density at radius 1 is 0.474 bits per heavy atom. The average Bonchev–Trinajstić information content (AvgIpc) is 3.57. The van der Waals surface area contributed by atoms with E-state index in [4.69, 9.17) is 0 Å². The summed E-state index contributed by atoms with van der Waals surface area (Å²) in [6, 6.07) is 36.4. The largest absolute Gasteiger partial charge is 0.269 e. The molecule has 0 spiro atoms. The van der Waals surface area contributed by atoms with Crippen LogP contribution in [0.4, 0.5) is 0 Å². The maximum absolute atomic E-state index is 4.57. The molecule has 0 saturated carbocycles. The van der Waals surface area contributed by atoms with Gasteiger partial charge in [0.25, 0.3) is 0 Å². The zero-order valence-corrected chi connectivity index (χ0v) is 24.5. The third-order valence-corrected chi connectivity index (χ3v) is 8.69. The molecule has 0 N–H and O–H groups in total. The molecule has 2 aromatic heterocycles. The summed E-state index contributed by atoms with van der Waals surface area (Å²) in [7, 11) is 2.99. The summed E-state index contributed by atoms with van der Waals surface area (Å²) in [4.78, 5) is 0. The van der Waals surface area contributed by atoms with Gasteiger partial charge < -0.3 is 0 Å². The maximum atomic E-state index is 4.57. The molecule has 2 heterocycles. The van der Waals surface area contributed by atoms with E-state index in [1.807, 2.05) is 84.9 Å². The minimum atomic E-state index is 0.739. The minimum Gasteiger partial charge on any atom is -0.269 e. The molecule has 0 amide bonds. The summed E-state index contributed by atoms with van der Waals surface area (Å²) in [6.07, 6.45) is 0. The van der Waals surface area contributed by atoms with Crippen LogP contribution in [0.15, 0.2) is 128 Å². The van der Waals surface area contributed by atoms with E-state index in [0.717, 1.165) is 53.4 Å². The molecule has 38 heavy (non-hydrogen) atoms. The molecule has 4 aromatic carbocycles. The first kappa shape index (κ1) is 25.1. The Balaban J connectivity index is 1.40. The van der Waals surface area contributed by atoms with Crippen LogP contribution >= 0.6 is 53.4 Å². The molecule has 10 heteroatoms. The van der Waals surface area contributed by atoms with Gasteiger partial charge in [-0.1, -0.05) is 92.5 Å². The van der Waals surface area contributed by atoms with Crippen LogP contribution in [0, 0.1) is 0 Å². The monoisotopic (exact) mass is 660 g/mol. The molecular weight excluding hydrogens is 644 g/mol. The van der Waals surface area contributed by atoms with Crippen LogP contribution in [0.25, 0.3) is 34.2 Å². The SMILES string of the molecule is Brc1cccc(-c2nnc(SSc3nnc(-c4cccc(Br)c4)n3-c3ccccc3)n2-c2ccccc2)c1. The molecule has 6 nitrogen and oxygen atoms in total. The van der Waals surface area contributed by atoms with Crippen molar-refractivity contribution in [2.24, 2.45) is 0 Å². The standard InChI is InChI=1S/C28H18Br2N6S2/c29-21-11-7-9-19(17-21)25-31-33-27(35(25)23-13-3-1-4-14-23)37-38-28-34-32-26(20-10-8-12-22(30)18-20)36(28)24-15-5-2-6-16-24/h1-18H. The quantitative estimate of drug-likeness (QED) is 0.160. The first-order valence-corrected chi connectivity index (χ1v) is 15.3. The summed E-state index contributed by atoms with van der Waals surface area (Å²) in [5.41, 5.74) is 3.90. The second-order valence-electron chi connectivity index (χ2n) is 8.14. The molecule has 0 atom stereocenters. The van der Waals surface area contributed by atoms with Gasteiger partial charge in [-0.15, -0.1) is 20.4 Å². The molecule has 0 fully saturated rings. The summed E-state index contributed by atoms with van der Waals surface area (Å²) < 4.78 is 6.10. The van der Waals surface area contributed by atoms with Crippen molar-refractivity contribution >= 4 is 53.4 Å². The first-order valence-electron chi connectivity index (χ1n) is 11.6. The Bertz CT molecular complexity index is 1580. The lowest BCUT2D eigenvalue weighted by Crippen LogP contribution is -2.00. The fraction of sp³-hybridized carbons (Fsp3) is 0. The number of hydrogen-bond donors (Lipinski definition) is 0. The molecule has 6 aromatic rings. The van der Waals surface area contributed by atoms with E-state index < -0.39 is 0 Å². The van der Waals surface area contributed by atoms with Crippen LogP contribution in [0.2, 0.25) is 0 Å². The van der Waals surface area contributed by atoms with E-state index in [0.29, 0.717) is 0 Å². The smallest absolute Gasteiger partial charge is 0.207 e. The summed E-state index contributed by atoms with van der Waals surface area (Å²) in [6.45, 7) is 0. The highest BCUT2D eigenvalue weighted by atomic mass is 79.9. The van der Waals surface area contributed by atoms with Gasteiger partial charge in [0.05, 0.1) is 0 Å². The maximum Gasteiger partial charge on any atom is 0.207 e. The zero-order chi connectivity index (χ0) is 25.9. The number of hydrogen-bond acceptors (Lipinski definition) is 6. The van der Waals surface area contributed by atoms with Crippen molar-refractivity contribution in [1.82, 2.24) is 29.5 Å². The lowest BCUT2D eigenvalue weighted by Gasteiger charge is -2.11. The number of rotatable bonds is 7. The van der Waals surface area contributed by atoms with Gasteiger partial charge in [-0.05, 0) is 70.1 Å². The van der Waals surface area contributed by atoms with Gasteiger partial charge >= 0.3 is 0 Å². The average molecular weight is 662 g/mol. The van der Waals surface area contributed by atoms with E-state index in [2.05, 4.69) is 85.7 Å². The van der Waals surface area contributed by atoms with Gasteiger partial charge in [-0.25, -0.2) is 0 Å². The number of para-hydroxylation sites is 2. The molecule has 0 unspecified atom stereocenters. The fourth-order valence-corrected chi connectivity index (χ4v) is 6.69. The topological polar surface area (TPSA) is 61.4 Å². The first-order chi connectivity index (χ1) is 18.7. The fourth-order valence-electron chi connectivity index (χ4n) is 3.97. The highest BCUT2D eigenvalue weighted by Gasteiger charge is 2.21. The van der Waals surface area contributed by atoms with Crippen molar-refractivity contribution in [3.05, 3.63) is 118 Å². The molecule has 6 rings (SSSR count). The van der Waals surface area contributed by atoms with E-state index in [1.165, 1.54) is 21.6 Å². The normalized spacial score (nSPS) is 11.1. The van der Waals surface area contributed by atoms with Crippen molar-refractivity contribution in [3.8, 4) is 34.2 Å². The third-order valence-electron chi connectivity index (χ3n) is 5.65. The third kappa shape index (κ3) is 5.22. The Labute approximate surface area is 244 Å². The van der Waals surface area contributed by atoms with Crippen LogP contribution in [-0.4, -0.2) is 29.5 Å². The van der Waals surface area contributed by atoms with E-state index >= 15 is 0 Å². The predicted octanol–water partition coefficient (Wildman–Crippen LogP) is 8.51. The zero-order valence-electron chi connectivity index (χ0n) is 19.6. The lowest BCUT2D eigenvalue weighted by molar-refractivity contribution is 0.885. The second kappa shape index (κ2) is 11.3. The predicted molar refractivity (Wildman–Crippen MR) is 161 cm³/mol. The summed E-state index contributed by atoms with van der Waals surface area (Å²) in [5, 5.41) is 19.8. The van der Waals surface area contributed by atoms with Crippen LogP contribution in [-0.2, 0) is 0 Å². The Morgan fingerprint density at radius 2 is 0.895 bits per heavy atom. The van der Waals surface area contributed by atoms with E-state index in [1.54, 1.807) is 0 Å². The van der Waals surface area contributed by atoms with E-state index in [9.17, 15) is 0 Å². The van der Waals surface area contributed by atoms with Crippen molar-refractivity contribution in [1.29, 1.82) is 0 Å². The van der Waals surface area contributed by atoms with Gasteiger partial charge in [0.1, 0.15) is 0 Å². The molecule has 0 bridgehead atoms. The Hall–Kier alpha value is -3.18. The van der Waals surface area contributed by atoms with Crippen LogP contribution in [0.3, 0.4) is 0 Å². The van der Waals surface area contributed by atoms with Crippen molar-refractivity contribution in [2.45, 2.75) is 10.3 Å². The summed E-state index contributed by atoms with van der Waals surface area (Å²) >= 11 is 7.15. The van der Waals surface area contributed by atoms with Crippen molar-refractivity contribution < 1.29 is 0 Å². The molecular formula is C28H18Br2N6S2. The second-order valence-corrected chi connectivity index (χ2v) is 12.0. The van der Waals surface area contributed by atoms with Gasteiger partial charge in [-0.3, -0.25) is 9.13 Å². The molecule has 0 saturated heterocycles. The molecule has 0 aliphatic rings. The van der Waals surface area contributed by atoms with Gasteiger partial charge in [-0.2, -0.15) is 0 Å². The van der Waals surface area contributed by atoms with Gasteiger partial charge in [0.2, 0.25) is 10.3 Å². The van der Waals surface area contributed by atoms with Gasteiger partial charge in [0.15, 0.2) is 11.6 Å². The molecule has 186 valence electrons. The highest BCUT2D eigenvalue weighted by Crippen LogP contribution is 2.40.